The minimum Gasteiger partial charge on any atom is -0.508 e. The van der Waals surface area contributed by atoms with Crippen LogP contribution in [-0.2, 0) is 38.4 Å². The molecular weight excluding hydrogens is 624 g/mol. The molecule has 0 fully saturated rings. The Morgan fingerprint density at radius 3 is 1.76 bits per heavy atom. The Balaban J connectivity index is 1.31. The predicted molar refractivity (Wildman–Crippen MR) is 187 cm³/mol. The van der Waals surface area contributed by atoms with Crippen LogP contribution in [0.1, 0.15) is 37.0 Å². The van der Waals surface area contributed by atoms with Gasteiger partial charge in [0, 0.05) is 47.0 Å². The lowest BCUT2D eigenvalue weighted by molar-refractivity contribution is -0.142. The number of nitrogens with one attached hydrogen (secondary N) is 5. The van der Waals surface area contributed by atoms with Crippen LogP contribution in [0.5, 0.6) is 5.75 Å². The van der Waals surface area contributed by atoms with Gasteiger partial charge in [0.25, 0.3) is 0 Å². The van der Waals surface area contributed by atoms with Crippen molar-refractivity contribution >= 4 is 45.5 Å². The second kappa shape index (κ2) is 15.5. The summed E-state index contributed by atoms with van der Waals surface area (Å²) in [6.45, 7) is 3.76. The zero-order valence-corrected chi connectivity index (χ0v) is 27.4. The summed E-state index contributed by atoms with van der Waals surface area (Å²) < 4.78 is 0. The molecule has 0 radical (unpaired) electrons. The molecule has 256 valence electrons. The number of carboxylic acids is 1. The van der Waals surface area contributed by atoms with Crippen molar-refractivity contribution in [2.75, 3.05) is 0 Å². The third-order valence-electron chi connectivity index (χ3n) is 8.51. The average molecular weight is 667 g/mol. The standard InChI is InChI=1S/C37H42N6O6/c1-21(2)15-31(35(46)43-33(37(48)49)18-24-20-40-30-10-6-4-8-27(24)30)42-36(47)32(16-22-11-13-25(44)14-12-22)41-34(45)28(38)17-23-19-39-29-9-5-3-7-26(23)29/h3-14,19-21,28,31-33,39-40,44H,15-18,38H2,1-2H3,(H,41,45)(H,42,47)(H,43,46)(H,48,49). The van der Waals surface area contributed by atoms with Crippen LogP contribution < -0.4 is 21.7 Å². The van der Waals surface area contributed by atoms with E-state index in [0.29, 0.717) is 5.56 Å². The molecule has 3 amide bonds. The van der Waals surface area contributed by atoms with Gasteiger partial charge in [-0.15, -0.1) is 0 Å². The van der Waals surface area contributed by atoms with Crippen LogP contribution in [0.2, 0.25) is 0 Å². The van der Waals surface area contributed by atoms with E-state index in [-0.39, 0.29) is 37.4 Å². The van der Waals surface area contributed by atoms with Gasteiger partial charge in [0.2, 0.25) is 17.7 Å². The van der Waals surface area contributed by atoms with Gasteiger partial charge in [-0.2, -0.15) is 0 Å². The molecule has 0 saturated carbocycles. The van der Waals surface area contributed by atoms with Gasteiger partial charge in [-0.05, 0) is 59.7 Å². The summed E-state index contributed by atoms with van der Waals surface area (Å²) in [6, 6.07) is 16.9. The highest BCUT2D eigenvalue weighted by Crippen LogP contribution is 2.21. The number of aromatic amines is 2. The lowest BCUT2D eigenvalue weighted by atomic mass is 9.99. The van der Waals surface area contributed by atoms with Crippen LogP contribution in [0.25, 0.3) is 21.8 Å². The van der Waals surface area contributed by atoms with E-state index >= 15 is 0 Å². The fourth-order valence-electron chi connectivity index (χ4n) is 5.95. The zero-order chi connectivity index (χ0) is 35.1. The topological polar surface area (TPSA) is 202 Å². The first-order chi connectivity index (χ1) is 23.5. The van der Waals surface area contributed by atoms with Gasteiger partial charge >= 0.3 is 5.97 Å². The van der Waals surface area contributed by atoms with Crippen LogP contribution in [0.3, 0.4) is 0 Å². The van der Waals surface area contributed by atoms with Crippen LogP contribution in [-0.4, -0.2) is 68.0 Å². The van der Waals surface area contributed by atoms with Crippen molar-refractivity contribution in [2.45, 2.75) is 63.7 Å². The molecule has 2 aromatic heterocycles. The zero-order valence-electron chi connectivity index (χ0n) is 27.4. The largest absolute Gasteiger partial charge is 0.508 e. The Morgan fingerprint density at radius 2 is 1.18 bits per heavy atom. The van der Waals surface area contributed by atoms with Gasteiger partial charge in [-0.1, -0.05) is 62.4 Å². The minimum absolute atomic E-state index is 0.0291. The normalized spacial score (nSPS) is 13.9. The number of para-hydroxylation sites is 2. The summed E-state index contributed by atoms with van der Waals surface area (Å²) >= 11 is 0. The number of carboxylic acid groups (broad SMARTS) is 1. The number of carbonyl (C=O) groups is 4. The number of phenolic OH excluding ortho intramolecular Hbond substituents is 1. The third-order valence-corrected chi connectivity index (χ3v) is 8.51. The SMILES string of the molecule is CC(C)CC(NC(=O)C(Cc1ccc(O)cc1)NC(=O)C(N)Cc1c[nH]c2ccccc12)C(=O)NC(Cc1c[nH]c2ccccc12)C(=O)O. The summed E-state index contributed by atoms with van der Waals surface area (Å²) in [5.74, 6) is -3.05. The van der Waals surface area contributed by atoms with Crippen molar-refractivity contribution in [3.05, 3.63) is 102 Å². The molecule has 5 aromatic rings. The van der Waals surface area contributed by atoms with Crippen molar-refractivity contribution in [3.63, 3.8) is 0 Å². The van der Waals surface area contributed by atoms with E-state index in [0.717, 1.165) is 32.9 Å². The summed E-state index contributed by atoms with van der Waals surface area (Å²) in [7, 11) is 0. The molecule has 4 unspecified atom stereocenters. The number of carbonyl (C=O) groups excluding carboxylic acids is 3. The van der Waals surface area contributed by atoms with E-state index < -0.39 is 47.9 Å². The van der Waals surface area contributed by atoms with Crippen LogP contribution >= 0.6 is 0 Å². The summed E-state index contributed by atoms with van der Waals surface area (Å²) in [6.07, 6.45) is 4.04. The molecular formula is C37H42N6O6. The lowest BCUT2D eigenvalue weighted by Crippen LogP contribution is -2.58. The lowest BCUT2D eigenvalue weighted by Gasteiger charge is -2.26. The number of nitrogens with two attached hydrogens (primary N) is 1. The van der Waals surface area contributed by atoms with Gasteiger partial charge in [0.05, 0.1) is 6.04 Å². The Morgan fingerprint density at radius 1 is 0.673 bits per heavy atom. The number of benzene rings is 3. The second-order valence-electron chi connectivity index (χ2n) is 12.8. The molecule has 12 nitrogen and oxygen atoms in total. The molecule has 4 atom stereocenters. The first kappa shape index (κ1) is 34.7. The number of aromatic nitrogens is 2. The molecule has 3 aromatic carbocycles. The van der Waals surface area contributed by atoms with Gasteiger partial charge < -0.3 is 41.9 Å². The quantitative estimate of drug-likeness (QED) is 0.0837. The highest BCUT2D eigenvalue weighted by atomic mass is 16.4. The number of amides is 3. The summed E-state index contributed by atoms with van der Waals surface area (Å²) in [4.78, 5) is 59.5. The van der Waals surface area contributed by atoms with Gasteiger partial charge in [0.15, 0.2) is 0 Å². The molecule has 0 aliphatic rings. The number of hydrogen-bond donors (Lipinski definition) is 8. The van der Waals surface area contributed by atoms with E-state index in [9.17, 15) is 29.4 Å². The molecule has 49 heavy (non-hydrogen) atoms. The molecule has 0 bridgehead atoms. The molecule has 5 rings (SSSR count). The van der Waals surface area contributed by atoms with Crippen LogP contribution in [0, 0.1) is 5.92 Å². The van der Waals surface area contributed by atoms with Crippen molar-refractivity contribution in [1.82, 2.24) is 25.9 Å². The maximum absolute atomic E-state index is 13.9. The Kier molecular flexibility index (Phi) is 11.0. The van der Waals surface area contributed by atoms with Gasteiger partial charge in [0.1, 0.15) is 23.9 Å². The van der Waals surface area contributed by atoms with Gasteiger partial charge in [-0.3, -0.25) is 14.4 Å². The second-order valence-corrected chi connectivity index (χ2v) is 12.8. The maximum atomic E-state index is 13.9. The number of phenols is 1. The van der Waals surface area contributed by atoms with E-state index in [1.807, 2.05) is 62.4 Å². The van der Waals surface area contributed by atoms with Crippen molar-refractivity contribution in [2.24, 2.45) is 11.7 Å². The molecule has 2 heterocycles. The van der Waals surface area contributed by atoms with E-state index in [1.165, 1.54) is 12.1 Å². The average Bonchev–Trinajstić information content (AvgIpc) is 3.68. The molecule has 0 saturated heterocycles. The molecule has 9 N–H and O–H groups in total. The minimum atomic E-state index is -1.26. The predicted octanol–water partition coefficient (Wildman–Crippen LogP) is 3.30. The Hall–Kier alpha value is -5.62. The monoisotopic (exact) mass is 666 g/mol. The summed E-state index contributed by atoms with van der Waals surface area (Å²) in [5, 5.41) is 29.7. The van der Waals surface area contributed by atoms with E-state index in [1.54, 1.807) is 24.5 Å². The molecule has 0 spiro atoms. The fourth-order valence-corrected chi connectivity index (χ4v) is 5.95. The first-order valence-electron chi connectivity index (χ1n) is 16.3. The number of H-pyrrole nitrogens is 2. The summed E-state index contributed by atoms with van der Waals surface area (Å²) in [5.41, 5.74) is 10.3. The van der Waals surface area contributed by atoms with Crippen LogP contribution in [0.4, 0.5) is 0 Å². The Bertz CT molecular complexity index is 1930. The highest BCUT2D eigenvalue weighted by molar-refractivity contribution is 5.95. The first-order valence-corrected chi connectivity index (χ1v) is 16.3. The molecule has 12 heteroatoms. The van der Waals surface area contributed by atoms with Gasteiger partial charge in [-0.25, -0.2) is 4.79 Å². The smallest absolute Gasteiger partial charge is 0.326 e. The molecule has 0 aliphatic carbocycles. The fraction of sp³-hybridized carbons (Fsp3) is 0.297. The number of fused-ring (bicyclic) bond motifs is 2. The Labute approximate surface area is 283 Å². The van der Waals surface area contributed by atoms with Crippen molar-refractivity contribution in [3.8, 4) is 5.75 Å². The van der Waals surface area contributed by atoms with Crippen molar-refractivity contribution < 1.29 is 29.4 Å². The van der Waals surface area contributed by atoms with E-state index in [2.05, 4.69) is 25.9 Å². The number of aromatic hydroxyl groups is 1. The number of hydrogen-bond acceptors (Lipinski definition) is 6. The third kappa shape index (κ3) is 8.85. The van der Waals surface area contributed by atoms with Crippen LogP contribution in [0.15, 0.2) is 85.2 Å². The number of aliphatic carboxylic acids is 1. The number of rotatable bonds is 15. The van der Waals surface area contributed by atoms with E-state index in [4.69, 9.17) is 5.73 Å². The maximum Gasteiger partial charge on any atom is 0.326 e. The molecule has 0 aliphatic heterocycles. The highest BCUT2D eigenvalue weighted by Gasteiger charge is 2.31. The van der Waals surface area contributed by atoms with Crippen molar-refractivity contribution in [1.29, 1.82) is 0 Å².